The molecular weight excluding hydrogens is 341 g/mol. The highest BCUT2D eigenvalue weighted by molar-refractivity contribution is 9.11. The summed E-state index contributed by atoms with van der Waals surface area (Å²) in [5.41, 5.74) is 0. The minimum absolute atomic E-state index is 0.260. The summed E-state index contributed by atoms with van der Waals surface area (Å²) in [5, 5.41) is 0. The summed E-state index contributed by atoms with van der Waals surface area (Å²) in [7, 11) is 1.34. The Bertz CT molecular complexity index is 354. The van der Waals surface area contributed by atoms with Crippen LogP contribution in [0.15, 0.2) is 21.2 Å². The molecule has 0 fully saturated rings. The highest BCUT2D eigenvalue weighted by Gasteiger charge is 2.30. The molecule has 1 rings (SSSR count). The van der Waals surface area contributed by atoms with Crippen molar-refractivity contribution in [1.29, 1.82) is 0 Å². The Hall–Kier alpha value is -0.300. The van der Waals surface area contributed by atoms with Crippen LogP contribution in [-0.2, 0) is 0 Å². The molecule has 1 heterocycles. The number of anilines is 1. The maximum Gasteiger partial charge on any atom is 0.405 e. The molecule has 0 N–H and O–H groups in total. The lowest BCUT2D eigenvalue weighted by Gasteiger charge is -2.20. The standard InChI is InChI=1S/C8H7Br2F3N2/c1-15(4-8(11,12)13)7-6(10)2-5(9)3-14-7/h2-3H,4H2,1H3. The van der Waals surface area contributed by atoms with Crippen molar-refractivity contribution < 1.29 is 13.2 Å². The Kier molecular flexibility index (Phi) is 3.99. The van der Waals surface area contributed by atoms with Crippen molar-refractivity contribution in [2.75, 3.05) is 18.5 Å². The maximum absolute atomic E-state index is 12.1. The molecule has 1 aromatic heterocycles. The minimum atomic E-state index is -4.23. The van der Waals surface area contributed by atoms with Crippen LogP contribution >= 0.6 is 31.9 Å². The Morgan fingerprint density at radius 1 is 1.40 bits per heavy atom. The van der Waals surface area contributed by atoms with Gasteiger partial charge in [0.15, 0.2) is 0 Å². The molecule has 0 bridgehead atoms. The first-order chi connectivity index (χ1) is 6.79. The van der Waals surface area contributed by atoms with E-state index in [2.05, 4.69) is 36.8 Å². The van der Waals surface area contributed by atoms with Gasteiger partial charge in [0.2, 0.25) is 0 Å². The van der Waals surface area contributed by atoms with Crippen molar-refractivity contribution in [2.24, 2.45) is 0 Å². The second-order valence-corrected chi connectivity index (χ2v) is 4.70. The van der Waals surface area contributed by atoms with Gasteiger partial charge in [0.05, 0.1) is 4.47 Å². The lowest BCUT2D eigenvalue weighted by Crippen LogP contribution is -2.31. The number of alkyl halides is 3. The Labute approximate surface area is 102 Å². The molecule has 0 atom stereocenters. The largest absolute Gasteiger partial charge is 0.405 e. The van der Waals surface area contributed by atoms with E-state index >= 15 is 0 Å². The molecule has 2 nitrogen and oxygen atoms in total. The molecule has 0 saturated heterocycles. The fraction of sp³-hybridized carbons (Fsp3) is 0.375. The summed E-state index contributed by atoms with van der Waals surface area (Å²) in [4.78, 5) is 4.93. The van der Waals surface area contributed by atoms with Gasteiger partial charge >= 0.3 is 6.18 Å². The number of halogens is 5. The molecule has 0 amide bonds. The summed E-state index contributed by atoms with van der Waals surface area (Å²) < 4.78 is 37.6. The molecule has 0 aliphatic heterocycles. The molecule has 1 aromatic rings. The zero-order valence-corrected chi connectivity index (χ0v) is 10.8. The van der Waals surface area contributed by atoms with E-state index in [0.717, 1.165) is 4.90 Å². The van der Waals surface area contributed by atoms with Crippen LogP contribution in [0, 0.1) is 0 Å². The van der Waals surface area contributed by atoms with Gasteiger partial charge in [-0.1, -0.05) is 0 Å². The topological polar surface area (TPSA) is 16.1 Å². The molecule has 0 spiro atoms. The third-order valence-corrected chi connectivity index (χ3v) is 2.58. The summed E-state index contributed by atoms with van der Waals surface area (Å²) in [6, 6.07) is 1.65. The van der Waals surface area contributed by atoms with E-state index in [4.69, 9.17) is 0 Å². The minimum Gasteiger partial charge on any atom is -0.350 e. The number of nitrogens with zero attached hydrogens (tertiary/aromatic N) is 2. The van der Waals surface area contributed by atoms with E-state index in [0.29, 0.717) is 8.95 Å². The monoisotopic (exact) mass is 346 g/mol. The average molecular weight is 348 g/mol. The second kappa shape index (κ2) is 4.69. The van der Waals surface area contributed by atoms with E-state index in [1.165, 1.54) is 13.2 Å². The van der Waals surface area contributed by atoms with Gasteiger partial charge < -0.3 is 4.90 Å². The van der Waals surface area contributed by atoms with Gasteiger partial charge in [0.1, 0.15) is 12.4 Å². The number of hydrogen-bond donors (Lipinski definition) is 0. The highest BCUT2D eigenvalue weighted by atomic mass is 79.9. The quantitative estimate of drug-likeness (QED) is 0.812. The van der Waals surface area contributed by atoms with E-state index in [9.17, 15) is 13.2 Å². The van der Waals surface area contributed by atoms with Crippen LogP contribution < -0.4 is 4.90 Å². The number of pyridine rings is 1. The molecule has 0 aromatic carbocycles. The summed E-state index contributed by atoms with van der Waals surface area (Å²) in [6.07, 6.45) is -2.78. The molecule has 0 radical (unpaired) electrons. The van der Waals surface area contributed by atoms with Crippen molar-refractivity contribution in [3.05, 3.63) is 21.2 Å². The normalized spacial score (nSPS) is 11.6. The van der Waals surface area contributed by atoms with Crippen LogP contribution in [0.4, 0.5) is 19.0 Å². The molecule has 0 aliphatic rings. The molecule has 84 valence electrons. The SMILES string of the molecule is CN(CC(F)(F)F)c1ncc(Br)cc1Br. The van der Waals surface area contributed by atoms with E-state index in [-0.39, 0.29) is 5.82 Å². The molecule has 0 aliphatic carbocycles. The Morgan fingerprint density at radius 3 is 2.47 bits per heavy atom. The first kappa shape index (κ1) is 12.8. The van der Waals surface area contributed by atoms with E-state index in [1.807, 2.05) is 0 Å². The van der Waals surface area contributed by atoms with Crippen LogP contribution in [0.25, 0.3) is 0 Å². The van der Waals surface area contributed by atoms with Gasteiger partial charge in [-0.3, -0.25) is 0 Å². The average Bonchev–Trinajstić information content (AvgIpc) is 1.99. The van der Waals surface area contributed by atoms with Crippen molar-refractivity contribution in [1.82, 2.24) is 4.98 Å². The Balaban J connectivity index is 2.87. The van der Waals surface area contributed by atoms with Gasteiger partial charge in [-0.2, -0.15) is 13.2 Å². The van der Waals surface area contributed by atoms with E-state index in [1.54, 1.807) is 6.07 Å². The van der Waals surface area contributed by atoms with Crippen molar-refractivity contribution in [3.8, 4) is 0 Å². The van der Waals surface area contributed by atoms with Gasteiger partial charge in [-0.25, -0.2) is 4.98 Å². The highest BCUT2D eigenvalue weighted by Crippen LogP contribution is 2.28. The third-order valence-electron chi connectivity index (χ3n) is 1.57. The van der Waals surface area contributed by atoms with Crippen molar-refractivity contribution in [3.63, 3.8) is 0 Å². The van der Waals surface area contributed by atoms with Crippen molar-refractivity contribution >= 4 is 37.7 Å². The smallest absolute Gasteiger partial charge is 0.350 e. The molecule has 0 saturated carbocycles. The zero-order chi connectivity index (χ0) is 11.6. The van der Waals surface area contributed by atoms with Crippen LogP contribution in [0.3, 0.4) is 0 Å². The van der Waals surface area contributed by atoms with E-state index < -0.39 is 12.7 Å². The molecule has 7 heteroatoms. The van der Waals surface area contributed by atoms with Gasteiger partial charge in [-0.05, 0) is 37.9 Å². The summed E-state index contributed by atoms with van der Waals surface area (Å²) in [5.74, 6) is 0.260. The van der Waals surface area contributed by atoms with Crippen LogP contribution in [0.1, 0.15) is 0 Å². The van der Waals surface area contributed by atoms with Gasteiger partial charge in [0, 0.05) is 17.7 Å². The number of hydrogen-bond acceptors (Lipinski definition) is 2. The third kappa shape index (κ3) is 3.98. The summed E-state index contributed by atoms with van der Waals surface area (Å²) in [6.45, 7) is -1.03. The predicted octanol–water partition coefficient (Wildman–Crippen LogP) is 3.61. The van der Waals surface area contributed by atoms with Crippen LogP contribution in [0.2, 0.25) is 0 Å². The Morgan fingerprint density at radius 2 is 2.00 bits per heavy atom. The van der Waals surface area contributed by atoms with Crippen LogP contribution in [-0.4, -0.2) is 24.8 Å². The fourth-order valence-corrected chi connectivity index (χ4v) is 2.32. The fourth-order valence-electron chi connectivity index (χ4n) is 1.03. The van der Waals surface area contributed by atoms with Crippen LogP contribution in [0.5, 0.6) is 0 Å². The van der Waals surface area contributed by atoms with Gasteiger partial charge in [0.25, 0.3) is 0 Å². The maximum atomic E-state index is 12.1. The predicted molar refractivity (Wildman–Crippen MR) is 59.0 cm³/mol. The summed E-state index contributed by atoms with van der Waals surface area (Å²) >= 11 is 6.33. The lowest BCUT2D eigenvalue weighted by atomic mass is 10.4. The van der Waals surface area contributed by atoms with Crippen molar-refractivity contribution in [2.45, 2.75) is 6.18 Å². The zero-order valence-electron chi connectivity index (χ0n) is 7.65. The number of aromatic nitrogens is 1. The molecular formula is C8H7Br2F3N2. The first-order valence-corrected chi connectivity index (χ1v) is 5.47. The molecule has 0 unspecified atom stereocenters. The number of rotatable bonds is 2. The molecule has 15 heavy (non-hydrogen) atoms. The second-order valence-electron chi connectivity index (χ2n) is 2.93. The van der Waals surface area contributed by atoms with Gasteiger partial charge in [-0.15, -0.1) is 0 Å². The first-order valence-electron chi connectivity index (χ1n) is 3.88. The lowest BCUT2D eigenvalue weighted by molar-refractivity contribution is -0.119.